The lowest BCUT2D eigenvalue weighted by Gasteiger charge is -2.16. The third-order valence-corrected chi connectivity index (χ3v) is 2.53. The molecule has 0 unspecified atom stereocenters. The largest absolute Gasteiger partial charge is 0.324 e. The minimum Gasteiger partial charge on any atom is -0.324 e. The molecular weight excluding hydrogens is 184 g/mol. The molecule has 0 spiro atoms. The van der Waals surface area contributed by atoms with Gasteiger partial charge in [-0.15, -0.1) is 0 Å². The van der Waals surface area contributed by atoms with E-state index in [4.69, 9.17) is 17.3 Å². The molecule has 0 saturated carbocycles. The predicted octanol–water partition coefficient (Wildman–Crippen LogP) is 2.70. The van der Waals surface area contributed by atoms with Crippen molar-refractivity contribution in [3.63, 3.8) is 0 Å². The van der Waals surface area contributed by atoms with Crippen molar-refractivity contribution in [3.05, 3.63) is 28.5 Å². The molecule has 0 aliphatic carbocycles. The number of hydrogen-bond acceptors (Lipinski definition) is 2. The van der Waals surface area contributed by atoms with E-state index in [1.165, 1.54) is 0 Å². The van der Waals surface area contributed by atoms with Crippen molar-refractivity contribution in [1.82, 2.24) is 4.98 Å². The monoisotopic (exact) mass is 198 g/mol. The van der Waals surface area contributed by atoms with Crippen LogP contribution in [0.5, 0.6) is 0 Å². The number of aromatic nitrogens is 1. The summed E-state index contributed by atoms with van der Waals surface area (Å²) in [5.41, 5.74) is 8.01. The van der Waals surface area contributed by atoms with E-state index in [1.54, 1.807) is 6.20 Å². The van der Waals surface area contributed by atoms with Gasteiger partial charge in [0.1, 0.15) is 5.15 Å². The second kappa shape index (κ2) is 4.07. The van der Waals surface area contributed by atoms with Gasteiger partial charge in [-0.25, -0.2) is 4.98 Å². The summed E-state index contributed by atoms with van der Waals surface area (Å²) in [5.74, 6) is 0.419. The Balaban J connectivity index is 2.97. The van der Waals surface area contributed by atoms with E-state index >= 15 is 0 Å². The number of nitrogens with zero attached hydrogens (tertiary/aromatic N) is 1. The molecule has 1 atom stereocenters. The van der Waals surface area contributed by atoms with Crippen LogP contribution in [0.1, 0.15) is 31.0 Å². The first-order valence-electron chi connectivity index (χ1n) is 4.40. The van der Waals surface area contributed by atoms with Gasteiger partial charge in [-0.1, -0.05) is 25.4 Å². The molecule has 3 heteroatoms. The van der Waals surface area contributed by atoms with Gasteiger partial charge < -0.3 is 5.73 Å². The first kappa shape index (κ1) is 10.5. The van der Waals surface area contributed by atoms with Crippen LogP contribution in [-0.2, 0) is 0 Å². The number of rotatable bonds is 2. The maximum atomic E-state index is 5.97. The Morgan fingerprint density at radius 2 is 2.08 bits per heavy atom. The summed E-state index contributed by atoms with van der Waals surface area (Å²) in [6.45, 7) is 6.12. The van der Waals surface area contributed by atoms with E-state index in [-0.39, 0.29) is 6.04 Å². The smallest absolute Gasteiger partial charge is 0.131 e. The molecule has 0 amide bonds. The average molecular weight is 199 g/mol. The topological polar surface area (TPSA) is 38.9 Å². The maximum absolute atomic E-state index is 5.97. The van der Waals surface area contributed by atoms with Gasteiger partial charge in [-0.2, -0.15) is 0 Å². The van der Waals surface area contributed by atoms with E-state index in [0.717, 1.165) is 11.1 Å². The van der Waals surface area contributed by atoms with Crippen molar-refractivity contribution >= 4 is 11.6 Å². The standard InChI is InChI=1S/C10H15ClN2/c1-6(2)9(12)8-4-7(3)10(11)13-5-8/h4-6,9H,12H2,1-3H3/t9-/m1/s1. The molecule has 72 valence electrons. The van der Waals surface area contributed by atoms with Crippen LogP contribution >= 0.6 is 11.6 Å². The van der Waals surface area contributed by atoms with Crippen molar-refractivity contribution in [1.29, 1.82) is 0 Å². The van der Waals surface area contributed by atoms with E-state index in [9.17, 15) is 0 Å². The summed E-state index contributed by atoms with van der Waals surface area (Å²) in [5, 5.41) is 0.555. The van der Waals surface area contributed by atoms with E-state index in [2.05, 4.69) is 18.8 Å². The second-order valence-corrected chi connectivity index (χ2v) is 4.00. The Labute approximate surface area is 84.1 Å². The maximum Gasteiger partial charge on any atom is 0.131 e. The highest BCUT2D eigenvalue weighted by Gasteiger charge is 2.11. The fraction of sp³-hybridized carbons (Fsp3) is 0.500. The molecule has 0 radical (unpaired) electrons. The zero-order valence-electron chi connectivity index (χ0n) is 8.21. The summed E-state index contributed by atoms with van der Waals surface area (Å²) >= 11 is 5.81. The molecule has 0 fully saturated rings. The Morgan fingerprint density at radius 3 is 2.54 bits per heavy atom. The molecular formula is C10H15ClN2. The van der Waals surface area contributed by atoms with Gasteiger partial charge in [0, 0.05) is 12.2 Å². The third-order valence-electron chi connectivity index (χ3n) is 2.14. The molecule has 1 aromatic heterocycles. The van der Waals surface area contributed by atoms with Gasteiger partial charge in [-0.05, 0) is 30.0 Å². The van der Waals surface area contributed by atoms with Gasteiger partial charge >= 0.3 is 0 Å². The number of nitrogens with two attached hydrogens (primary N) is 1. The minimum atomic E-state index is 0.0449. The molecule has 0 bridgehead atoms. The first-order valence-corrected chi connectivity index (χ1v) is 4.77. The number of pyridine rings is 1. The number of hydrogen-bond donors (Lipinski definition) is 1. The summed E-state index contributed by atoms with van der Waals surface area (Å²) in [4.78, 5) is 4.07. The lowest BCUT2D eigenvalue weighted by molar-refractivity contribution is 0.512. The normalized spacial score (nSPS) is 13.4. The van der Waals surface area contributed by atoms with Crippen LogP contribution in [0.3, 0.4) is 0 Å². The molecule has 2 nitrogen and oxygen atoms in total. The number of halogens is 1. The lowest BCUT2D eigenvalue weighted by atomic mass is 9.98. The molecule has 1 rings (SSSR count). The highest BCUT2D eigenvalue weighted by Crippen LogP contribution is 2.21. The Kier molecular flexibility index (Phi) is 3.28. The van der Waals surface area contributed by atoms with Gasteiger partial charge in [-0.3, -0.25) is 0 Å². The Bertz CT molecular complexity index is 297. The quantitative estimate of drug-likeness (QED) is 0.743. The van der Waals surface area contributed by atoms with Crippen LogP contribution in [0.25, 0.3) is 0 Å². The van der Waals surface area contributed by atoms with E-state index < -0.39 is 0 Å². The summed E-state index contributed by atoms with van der Waals surface area (Å²) < 4.78 is 0. The minimum absolute atomic E-state index is 0.0449. The molecule has 1 heterocycles. The summed E-state index contributed by atoms with van der Waals surface area (Å²) in [6.07, 6.45) is 1.75. The van der Waals surface area contributed by atoms with Crippen molar-refractivity contribution in [2.75, 3.05) is 0 Å². The van der Waals surface area contributed by atoms with Crippen molar-refractivity contribution in [2.24, 2.45) is 11.7 Å². The number of aryl methyl sites for hydroxylation is 1. The van der Waals surface area contributed by atoms with Crippen molar-refractivity contribution in [2.45, 2.75) is 26.8 Å². The molecule has 1 aromatic rings. The fourth-order valence-electron chi connectivity index (χ4n) is 1.15. The van der Waals surface area contributed by atoms with Gasteiger partial charge in [0.25, 0.3) is 0 Å². The molecule has 2 N–H and O–H groups in total. The predicted molar refractivity (Wildman–Crippen MR) is 55.8 cm³/mol. The van der Waals surface area contributed by atoms with Gasteiger partial charge in [0.15, 0.2) is 0 Å². The molecule has 0 aromatic carbocycles. The van der Waals surface area contributed by atoms with Crippen LogP contribution in [0.2, 0.25) is 5.15 Å². The van der Waals surface area contributed by atoms with Crippen LogP contribution in [-0.4, -0.2) is 4.98 Å². The molecule has 13 heavy (non-hydrogen) atoms. The summed E-state index contributed by atoms with van der Waals surface area (Å²) in [7, 11) is 0. The van der Waals surface area contributed by atoms with E-state index in [0.29, 0.717) is 11.1 Å². The fourth-order valence-corrected chi connectivity index (χ4v) is 1.25. The van der Waals surface area contributed by atoms with Crippen LogP contribution in [0.15, 0.2) is 12.3 Å². The van der Waals surface area contributed by atoms with Crippen LogP contribution in [0, 0.1) is 12.8 Å². The van der Waals surface area contributed by atoms with Crippen LogP contribution in [0.4, 0.5) is 0 Å². The highest BCUT2D eigenvalue weighted by atomic mass is 35.5. The third kappa shape index (κ3) is 2.42. The van der Waals surface area contributed by atoms with E-state index in [1.807, 2.05) is 13.0 Å². The van der Waals surface area contributed by atoms with Crippen LogP contribution < -0.4 is 5.73 Å². The Morgan fingerprint density at radius 1 is 1.46 bits per heavy atom. The first-order chi connectivity index (χ1) is 6.02. The van der Waals surface area contributed by atoms with Crippen molar-refractivity contribution in [3.8, 4) is 0 Å². The molecule has 0 aliphatic heterocycles. The van der Waals surface area contributed by atoms with Gasteiger partial charge in [0.05, 0.1) is 0 Å². The Hall–Kier alpha value is -0.600. The second-order valence-electron chi connectivity index (χ2n) is 3.65. The average Bonchev–Trinajstić information content (AvgIpc) is 2.08. The zero-order valence-corrected chi connectivity index (χ0v) is 8.97. The lowest BCUT2D eigenvalue weighted by Crippen LogP contribution is -2.17. The molecule has 0 saturated heterocycles. The SMILES string of the molecule is Cc1cc([C@H](N)C(C)C)cnc1Cl. The zero-order chi connectivity index (χ0) is 10.0. The van der Waals surface area contributed by atoms with Crippen molar-refractivity contribution < 1.29 is 0 Å². The highest BCUT2D eigenvalue weighted by molar-refractivity contribution is 6.30. The molecule has 0 aliphatic rings. The van der Waals surface area contributed by atoms with Gasteiger partial charge in [0.2, 0.25) is 0 Å². The summed E-state index contributed by atoms with van der Waals surface area (Å²) in [6, 6.07) is 2.04.